The number of nitrogens with one attached hydrogen (secondary N) is 1. The Bertz CT molecular complexity index is 493. The number of aliphatic hydroxyl groups is 1. The molecule has 0 aromatic heterocycles. The summed E-state index contributed by atoms with van der Waals surface area (Å²) in [5, 5.41) is 21.6. The lowest BCUT2D eigenvalue weighted by Gasteiger charge is -2.21. The van der Waals surface area contributed by atoms with E-state index in [1.54, 1.807) is 24.3 Å². The van der Waals surface area contributed by atoms with Gasteiger partial charge in [0.2, 0.25) is 0 Å². The quantitative estimate of drug-likeness (QED) is 0.481. The highest BCUT2D eigenvalue weighted by atomic mass is 16.4. The van der Waals surface area contributed by atoms with E-state index in [4.69, 9.17) is 5.73 Å². The number of amides is 1. The molecule has 1 aromatic rings. The molecule has 23 heavy (non-hydrogen) atoms. The van der Waals surface area contributed by atoms with Crippen LogP contribution in [0.4, 0.5) is 0 Å². The van der Waals surface area contributed by atoms with Gasteiger partial charge in [-0.3, -0.25) is 4.79 Å². The molecular weight excluding hydrogens is 296 g/mol. The lowest BCUT2D eigenvalue weighted by molar-refractivity contribution is -0.143. The van der Waals surface area contributed by atoms with Gasteiger partial charge in [-0.05, 0) is 12.0 Å². The summed E-state index contributed by atoms with van der Waals surface area (Å²) in [7, 11) is 0. The van der Waals surface area contributed by atoms with Crippen molar-refractivity contribution in [3.05, 3.63) is 35.9 Å². The zero-order valence-electron chi connectivity index (χ0n) is 13.4. The van der Waals surface area contributed by atoms with E-state index in [0.29, 0.717) is 6.42 Å². The molecule has 128 valence electrons. The maximum atomic E-state index is 12.0. The van der Waals surface area contributed by atoms with Crippen LogP contribution in [-0.2, 0) is 16.0 Å². The van der Waals surface area contributed by atoms with Crippen molar-refractivity contribution in [1.29, 1.82) is 0 Å². The number of rotatable bonds is 10. The van der Waals surface area contributed by atoms with Crippen LogP contribution in [0.15, 0.2) is 30.3 Å². The molecular formula is C17H26N2O4. The summed E-state index contributed by atoms with van der Waals surface area (Å²) in [6.07, 6.45) is 2.11. The summed E-state index contributed by atoms with van der Waals surface area (Å²) in [4.78, 5) is 23.3. The molecule has 0 saturated heterocycles. The maximum absolute atomic E-state index is 12.0. The van der Waals surface area contributed by atoms with E-state index in [-0.39, 0.29) is 6.42 Å². The molecule has 1 aromatic carbocycles. The fourth-order valence-electron chi connectivity index (χ4n) is 2.29. The number of aliphatic carboxylic acids is 1. The van der Waals surface area contributed by atoms with Gasteiger partial charge in [0.1, 0.15) is 12.1 Å². The molecule has 0 aliphatic heterocycles. The molecule has 3 atom stereocenters. The Kier molecular flexibility index (Phi) is 8.29. The van der Waals surface area contributed by atoms with Gasteiger partial charge in [-0.2, -0.15) is 0 Å². The minimum absolute atomic E-state index is 0.152. The van der Waals surface area contributed by atoms with Crippen molar-refractivity contribution >= 4 is 11.9 Å². The highest BCUT2D eigenvalue weighted by Crippen LogP contribution is 2.07. The van der Waals surface area contributed by atoms with E-state index in [2.05, 4.69) is 12.2 Å². The average molecular weight is 322 g/mol. The predicted octanol–water partition coefficient (Wildman–Crippen LogP) is 1.07. The number of carbonyl (C=O) groups is 2. The van der Waals surface area contributed by atoms with Crippen LogP contribution in [0.3, 0.4) is 0 Å². The third kappa shape index (κ3) is 6.80. The number of carboxylic acids is 1. The monoisotopic (exact) mass is 322 g/mol. The van der Waals surface area contributed by atoms with Gasteiger partial charge in [-0.15, -0.1) is 0 Å². The molecule has 0 fully saturated rings. The van der Waals surface area contributed by atoms with Gasteiger partial charge in [-0.1, -0.05) is 56.5 Å². The van der Waals surface area contributed by atoms with E-state index in [9.17, 15) is 19.8 Å². The number of carbonyl (C=O) groups excluding carboxylic acids is 1. The summed E-state index contributed by atoms with van der Waals surface area (Å²) < 4.78 is 0. The molecule has 0 heterocycles. The van der Waals surface area contributed by atoms with Crippen LogP contribution in [0.5, 0.6) is 0 Å². The van der Waals surface area contributed by atoms with Crippen molar-refractivity contribution in [1.82, 2.24) is 5.32 Å². The minimum Gasteiger partial charge on any atom is -0.480 e. The Morgan fingerprint density at radius 3 is 2.43 bits per heavy atom. The molecule has 0 spiro atoms. The van der Waals surface area contributed by atoms with Crippen molar-refractivity contribution in [3.63, 3.8) is 0 Å². The molecule has 0 saturated carbocycles. The maximum Gasteiger partial charge on any atom is 0.326 e. The molecule has 6 nitrogen and oxygen atoms in total. The van der Waals surface area contributed by atoms with Crippen molar-refractivity contribution < 1.29 is 19.8 Å². The van der Waals surface area contributed by atoms with Crippen LogP contribution < -0.4 is 11.1 Å². The molecule has 0 unspecified atom stereocenters. The Labute approximate surface area is 136 Å². The molecule has 5 N–H and O–H groups in total. The fourth-order valence-corrected chi connectivity index (χ4v) is 2.29. The van der Waals surface area contributed by atoms with Crippen molar-refractivity contribution in [2.24, 2.45) is 5.73 Å². The summed E-state index contributed by atoms with van der Waals surface area (Å²) in [6.45, 7) is 2.05. The first kappa shape index (κ1) is 19.1. The molecule has 6 heteroatoms. The zero-order chi connectivity index (χ0) is 17.2. The number of hydrogen-bond acceptors (Lipinski definition) is 4. The van der Waals surface area contributed by atoms with Gasteiger partial charge in [-0.25, -0.2) is 4.79 Å². The van der Waals surface area contributed by atoms with Crippen LogP contribution in [0.2, 0.25) is 0 Å². The van der Waals surface area contributed by atoms with Crippen LogP contribution in [-0.4, -0.2) is 40.3 Å². The fraction of sp³-hybridized carbons (Fsp3) is 0.529. The topological polar surface area (TPSA) is 113 Å². The van der Waals surface area contributed by atoms with Gasteiger partial charge in [0.05, 0.1) is 0 Å². The number of aliphatic hydroxyl groups excluding tert-OH is 1. The van der Waals surface area contributed by atoms with Crippen LogP contribution in [0.25, 0.3) is 0 Å². The average Bonchev–Trinajstić information content (AvgIpc) is 2.54. The molecule has 0 aliphatic carbocycles. The van der Waals surface area contributed by atoms with E-state index in [0.717, 1.165) is 24.8 Å². The van der Waals surface area contributed by atoms with E-state index >= 15 is 0 Å². The number of unbranched alkanes of at least 4 members (excludes halogenated alkanes) is 2. The summed E-state index contributed by atoms with van der Waals surface area (Å²) in [5.41, 5.74) is 6.60. The molecule has 0 bridgehead atoms. The number of benzene rings is 1. The van der Waals surface area contributed by atoms with Gasteiger partial charge in [0, 0.05) is 12.5 Å². The highest BCUT2D eigenvalue weighted by molar-refractivity contribution is 5.86. The van der Waals surface area contributed by atoms with Crippen molar-refractivity contribution in [2.75, 3.05) is 0 Å². The Hall–Kier alpha value is -1.92. The van der Waals surface area contributed by atoms with Crippen LogP contribution >= 0.6 is 0 Å². The molecule has 0 aliphatic rings. The summed E-state index contributed by atoms with van der Waals surface area (Å²) >= 11 is 0. The summed E-state index contributed by atoms with van der Waals surface area (Å²) in [5.74, 6) is -1.88. The third-order valence-corrected chi connectivity index (χ3v) is 3.71. The zero-order valence-corrected chi connectivity index (χ0v) is 13.4. The predicted molar refractivity (Wildman–Crippen MR) is 87.8 cm³/mol. The molecule has 1 amide bonds. The second-order valence-corrected chi connectivity index (χ2v) is 5.69. The first-order chi connectivity index (χ1) is 11.0. The lowest BCUT2D eigenvalue weighted by atomic mass is 10.0. The highest BCUT2D eigenvalue weighted by Gasteiger charge is 2.27. The summed E-state index contributed by atoms with van der Waals surface area (Å²) in [6, 6.07) is 7.22. The van der Waals surface area contributed by atoms with Gasteiger partial charge in [0.25, 0.3) is 5.91 Å². The first-order valence-electron chi connectivity index (χ1n) is 7.96. The Balaban J connectivity index is 2.58. The minimum atomic E-state index is -1.40. The SMILES string of the molecule is CCCCC[C@@H](N)[C@H](O)C(=O)N[C@@H](Cc1ccccc1)C(=O)O. The van der Waals surface area contributed by atoms with Crippen LogP contribution in [0, 0.1) is 0 Å². The van der Waals surface area contributed by atoms with Gasteiger partial charge in [0.15, 0.2) is 0 Å². The Morgan fingerprint density at radius 2 is 1.87 bits per heavy atom. The van der Waals surface area contributed by atoms with Crippen molar-refractivity contribution in [3.8, 4) is 0 Å². The third-order valence-electron chi connectivity index (χ3n) is 3.71. The normalized spacial score (nSPS) is 14.7. The first-order valence-corrected chi connectivity index (χ1v) is 7.96. The van der Waals surface area contributed by atoms with E-state index in [1.807, 2.05) is 6.07 Å². The van der Waals surface area contributed by atoms with E-state index in [1.165, 1.54) is 0 Å². The number of hydrogen-bond donors (Lipinski definition) is 4. The lowest BCUT2D eigenvalue weighted by Crippen LogP contribution is -2.51. The second-order valence-electron chi connectivity index (χ2n) is 5.69. The van der Waals surface area contributed by atoms with Crippen molar-refractivity contribution in [2.45, 2.75) is 57.2 Å². The van der Waals surface area contributed by atoms with Gasteiger partial charge >= 0.3 is 5.97 Å². The van der Waals surface area contributed by atoms with Gasteiger partial charge < -0.3 is 21.3 Å². The standard InChI is InChI=1S/C17H26N2O4/c1-2-3-5-10-13(18)15(20)16(21)19-14(17(22)23)11-12-8-6-4-7-9-12/h4,6-9,13-15,20H,2-3,5,10-11,18H2,1H3,(H,19,21)(H,22,23)/t13-,14+,15+/m1/s1. The van der Waals surface area contributed by atoms with Crippen LogP contribution in [0.1, 0.15) is 38.2 Å². The van der Waals surface area contributed by atoms with E-state index < -0.39 is 30.1 Å². The smallest absolute Gasteiger partial charge is 0.326 e. The Morgan fingerprint density at radius 1 is 1.22 bits per heavy atom. The number of carboxylic acid groups (broad SMARTS) is 1. The number of nitrogens with two attached hydrogens (primary N) is 1. The molecule has 1 rings (SSSR count). The second kappa shape index (κ2) is 9.97. The largest absolute Gasteiger partial charge is 0.480 e. The molecule has 0 radical (unpaired) electrons.